The summed E-state index contributed by atoms with van der Waals surface area (Å²) < 4.78 is 0. The fraction of sp³-hybridized carbons (Fsp3) is 0.154. The molecule has 16 heavy (non-hydrogen) atoms. The van der Waals surface area contributed by atoms with Gasteiger partial charge in [0.2, 0.25) is 5.91 Å². The fourth-order valence-corrected chi connectivity index (χ4v) is 2.17. The van der Waals surface area contributed by atoms with Crippen LogP contribution in [0.3, 0.4) is 0 Å². The molecule has 1 aromatic heterocycles. The third-order valence-electron chi connectivity index (χ3n) is 2.42. The van der Waals surface area contributed by atoms with Gasteiger partial charge < -0.3 is 4.90 Å². The topological polar surface area (TPSA) is 20.3 Å². The molecule has 1 heterocycles. The molecule has 1 amide bonds. The Bertz CT molecular complexity index is 450. The van der Waals surface area contributed by atoms with Gasteiger partial charge in [-0.25, -0.2) is 0 Å². The number of amides is 1. The Balaban J connectivity index is 2.05. The van der Waals surface area contributed by atoms with Crippen LogP contribution in [0.1, 0.15) is 4.88 Å². The van der Waals surface area contributed by atoms with E-state index in [1.807, 2.05) is 54.9 Å². The van der Waals surface area contributed by atoms with Crippen LogP contribution in [0.2, 0.25) is 0 Å². The highest BCUT2D eigenvalue weighted by Gasteiger charge is 2.11. The van der Waals surface area contributed by atoms with Crippen LogP contribution in [-0.4, -0.2) is 13.0 Å². The monoisotopic (exact) mass is 231 g/mol. The summed E-state index contributed by atoms with van der Waals surface area (Å²) >= 11 is 1.62. The summed E-state index contributed by atoms with van der Waals surface area (Å²) in [5.41, 5.74) is 0.934. The number of likely N-dealkylation sites (N-methyl/N-ethyl adjacent to an activating group) is 1. The molecule has 2 aromatic rings. The van der Waals surface area contributed by atoms with Crippen LogP contribution in [0.4, 0.5) is 5.69 Å². The third-order valence-corrected chi connectivity index (χ3v) is 3.30. The lowest BCUT2D eigenvalue weighted by atomic mass is 10.2. The second kappa shape index (κ2) is 4.94. The summed E-state index contributed by atoms with van der Waals surface area (Å²) in [4.78, 5) is 14.7. The molecule has 0 spiro atoms. The Hall–Kier alpha value is -1.61. The van der Waals surface area contributed by atoms with Crippen molar-refractivity contribution in [3.63, 3.8) is 0 Å². The summed E-state index contributed by atoms with van der Waals surface area (Å²) in [6.45, 7) is 0. The largest absolute Gasteiger partial charge is 0.315 e. The van der Waals surface area contributed by atoms with Gasteiger partial charge in [-0.1, -0.05) is 24.3 Å². The van der Waals surface area contributed by atoms with Crippen molar-refractivity contribution < 1.29 is 4.79 Å². The highest BCUT2D eigenvalue weighted by Crippen LogP contribution is 2.15. The molecule has 82 valence electrons. The van der Waals surface area contributed by atoms with Crippen LogP contribution >= 0.6 is 11.3 Å². The molecular weight excluding hydrogens is 218 g/mol. The van der Waals surface area contributed by atoms with Gasteiger partial charge in [0.1, 0.15) is 0 Å². The van der Waals surface area contributed by atoms with Gasteiger partial charge in [-0.2, -0.15) is 0 Å². The predicted molar refractivity (Wildman–Crippen MR) is 67.9 cm³/mol. The Morgan fingerprint density at radius 1 is 1.19 bits per heavy atom. The van der Waals surface area contributed by atoms with Crippen molar-refractivity contribution in [1.29, 1.82) is 0 Å². The fourth-order valence-electron chi connectivity index (χ4n) is 1.48. The van der Waals surface area contributed by atoms with Gasteiger partial charge in [-0.15, -0.1) is 11.3 Å². The van der Waals surface area contributed by atoms with Crippen LogP contribution in [-0.2, 0) is 11.2 Å². The molecule has 1 aromatic carbocycles. The van der Waals surface area contributed by atoms with Crippen molar-refractivity contribution in [2.45, 2.75) is 6.42 Å². The normalized spacial score (nSPS) is 10.1. The first kappa shape index (κ1) is 10.9. The summed E-state index contributed by atoms with van der Waals surface area (Å²) in [5, 5.41) is 1.99. The summed E-state index contributed by atoms with van der Waals surface area (Å²) in [6.07, 6.45) is 0.475. The van der Waals surface area contributed by atoms with Crippen LogP contribution in [0, 0.1) is 0 Å². The Kier molecular flexibility index (Phi) is 3.37. The molecule has 0 N–H and O–H groups in total. The lowest BCUT2D eigenvalue weighted by Crippen LogP contribution is -2.27. The van der Waals surface area contributed by atoms with Crippen molar-refractivity contribution in [2.24, 2.45) is 0 Å². The molecule has 0 fully saturated rings. The molecule has 0 bridgehead atoms. The van der Waals surface area contributed by atoms with E-state index in [1.165, 1.54) is 0 Å². The molecule has 0 radical (unpaired) electrons. The first-order valence-corrected chi connectivity index (χ1v) is 5.99. The number of thiophene rings is 1. The average Bonchev–Trinajstić information content (AvgIpc) is 2.82. The van der Waals surface area contributed by atoms with Gasteiger partial charge in [0.25, 0.3) is 0 Å². The quantitative estimate of drug-likeness (QED) is 0.795. The molecule has 3 heteroatoms. The first-order valence-electron chi connectivity index (χ1n) is 5.11. The van der Waals surface area contributed by atoms with E-state index in [4.69, 9.17) is 0 Å². The lowest BCUT2D eigenvalue weighted by Gasteiger charge is -2.16. The van der Waals surface area contributed by atoms with Crippen molar-refractivity contribution >= 4 is 22.9 Å². The van der Waals surface area contributed by atoms with Crippen LogP contribution in [0.25, 0.3) is 0 Å². The zero-order valence-electron chi connectivity index (χ0n) is 9.09. The number of carbonyl (C=O) groups is 1. The second-order valence-corrected chi connectivity index (χ2v) is 4.58. The van der Waals surface area contributed by atoms with E-state index in [2.05, 4.69) is 0 Å². The summed E-state index contributed by atoms with van der Waals surface area (Å²) in [7, 11) is 1.81. The Labute approximate surface area is 99.1 Å². The molecule has 0 aliphatic rings. The molecule has 0 saturated heterocycles. The molecule has 0 unspecified atom stereocenters. The zero-order chi connectivity index (χ0) is 11.4. The highest BCUT2D eigenvalue weighted by atomic mass is 32.1. The van der Waals surface area contributed by atoms with Crippen LogP contribution in [0.15, 0.2) is 47.8 Å². The Morgan fingerprint density at radius 3 is 2.56 bits per heavy atom. The summed E-state index contributed by atoms with van der Waals surface area (Å²) in [6, 6.07) is 13.6. The molecule has 2 rings (SSSR count). The molecule has 2 nitrogen and oxygen atoms in total. The minimum atomic E-state index is 0.119. The highest BCUT2D eigenvalue weighted by molar-refractivity contribution is 7.10. The van der Waals surface area contributed by atoms with Gasteiger partial charge in [0.15, 0.2) is 0 Å². The molecular formula is C13H13NOS. The number of hydrogen-bond acceptors (Lipinski definition) is 2. The number of rotatable bonds is 3. The zero-order valence-corrected chi connectivity index (χ0v) is 9.91. The van der Waals surface area contributed by atoms with Crippen molar-refractivity contribution in [1.82, 2.24) is 0 Å². The number of anilines is 1. The van der Waals surface area contributed by atoms with Crippen molar-refractivity contribution in [3.05, 3.63) is 52.7 Å². The smallest absolute Gasteiger partial charge is 0.231 e. The maximum absolute atomic E-state index is 11.9. The van der Waals surface area contributed by atoms with E-state index in [9.17, 15) is 4.79 Å². The number of hydrogen-bond donors (Lipinski definition) is 0. The van der Waals surface area contributed by atoms with Crippen molar-refractivity contribution in [2.75, 3.05) is 11.9 Å². The van der Waals surface area contributed by atoms with Gasteiger partial charge in [0.05, 0.1) is 6.42 Å². The van der Waals surface area contributed by atoms with Crippen LogP contribution < -0.4 is 4.90 Å². The van der Waals surface area contributed by atoms with Crippen molar-refractivity contribution in [3.8, 4) is 0 Å². The standard InChI is InChI=1S/C13H13NOS/c1-14(11-6-3-2-4-7-11)13(15)10-12-8-5-9-16-12/h2-9H,10H2,1H3. The number of para-hydroxylation sites is 1. The van der Waals surface area contributed by atoms with Gasteiger partial charge >= 0.3 is 0 Å². The second-order valence-electron chi connectivity index (χ2n) is 3.54. The lowest BCUT2D eigenvalue weighted by molar-refractivity contribution is -0.117. The molecule has 0 saturated carbocycles. The number of benzene rings is 1. The predicted octanol–water partition coefficient (Wildman–Crippen LogP) is 2.95. The van der Waals surface area contributed by atoms with Gasteiger partial charge in [0, 0.05) is 17.6 Å². The maximum Gasteiger partial charge on any atom is 0.231 e. The third kappa shape index (κ3) is 2.49. The maximum atomic E-state index is 11.9. The summed E-state index contributed by atoms with van der Waals surface area (Å²) in [5.74, 6) is 0.119. The number of carbonyl (C=O) groups excluding carboxylic acids is 1. The minimum Gasteiger partial charge on any atom is -0.315 e. The molecule has 0 aliphatic heterocycles. The average molecular weight is 231 g/mol. The molecule has 0 atom stereocenters. The SMILES string of the molecule is CN(C(=O)Cc1cccs1)c1ccccc1. The minimum absolute atomic E-state index is 0.119. The van der Waals surface area contributed by atoms with E-state index >= 15 is 0 Å². The van der Waals surface area contributed by atoms with E-state index in [0.717, 1.165) is 10.6 Å². The van der Waals surface area contributed by atoms with E-state index in [1.54, 1.807) is 16.2 Å². The van der Waals surface area contributed by atoms with E-state index in [-0.39, 0.29) is 5.91 Å². The van der Waals surface area contributed by atoms with Gasteiger partial charge in [-0.05, 0) is 23.6 Å². The Morgan fingerprint density at radius 2 is 1.94 bits per heavy atom. The van der Waals surface area contributed by atoms with E-state index < -0.39 is 0 Å². The number of nitrogens with zero attached hydrogens (tertiary/aromatic N) is 1. The van der Waals surface area contributed by atoms with E-state index in [0.29, 0.717) is 6.42 Å². The van der Waals surface area contributed by atoms with Gasteiger partial charge in [-0.3, -0.25) is 4.79 Å². The molecule has 0 aliphatic carbocycles. The van der Waals surface area contributed by atoms with Crippen LogP contribution in [0.5, 0.6) is 0 Å². The first-order chi connectivity index (χ1) is 7.77.